The number of carboxylic acid groups (broad SMARTS) is 1. The zero-order valence-corrected chi connectivity index (χ0v) is 10.4. The summed E-state index contributed by atoms with van der Waals surface area (Å²) in [6, 6.07) is 9.58. The number of aromatic nitrogens is 2. The minimum Gasteiger partial charge on any atom is -0.480 e. The molecule has 1 aromatic heterocycles. The van der Waals surface area contributed by atoms with Gasteiger partial charge in [-0.05, 0) is 5.56 Å². The Bertz CT molecular complexity index is 592. The van der Waals surface area contributed by atoms with Gasteiger partial charge in [-0.3, -0.25) is 10.1 Å². The summed E-state index contributed by atoms with van der Waals surface area (Å²) >= 11 is 0. The van der Waals surface area contributed by atoms with Crippen molar-refractivity contribution in [1.29, 1.82) is 0 Å². The van der Waals surface area contributed by atoms with Crippen LogP contribution in [0, 0.1) is 0 Å². The number of nitrogens with zero attached hydrogens (tertiary/aromatic N) is 2. The molecule has 0 fully saturated rings. The average molecular weight is 257 g/mol. The number of aliphatic carboxylic acids is 1. The lowest BCUT2D eigenvalue weighted by Crippen LogP contribution is -2.42. The van der Waals surface area contributed by atoms with Crippen molar-refractivity contribution in [2.45, 2.75) is 25.6 Å². The molecule has 19 heavy (non-hydrogen) atoms. The van der Waals surface area contributed by atoms with Crippen molar-refractivity contribution in [3.05, 3.63) is 53.6 Å². The Morgan fingerprint density at radius 3 is 2.95 bits per heavy atom. The molecular formula is C14H15N3O2. The molecular weight excluding hydrogens is 242 g/mol. The number of fused-ring (bicyclic) bond motifs is 1. The van der Waals surface area contributed by atoms with Gasteiger partial charge < -0.3 is 9.67 Å². The standard InChI is InChI=1S/C14H15N3O2/c18-14(19)11-6-13-12(7-15-11)16-9-17(13)8-10-4-2-1-3-5-10/h1-5,9,11,15H,6-8H2,(H,18,19)/t11-/m0/s1. The van der Waals surface area contributed by atoms with Crippen LogP contribution in [0.1, 0.15) is 17.0 Å². The number of carboxylic acids is 1. The van der Waals surface area contributed by atoms with E-state index < -0.39 is 12.0 Å². The van der Waals surface area contributed by atoms with Crippen molar-refractivity contribution < 1.29 is 9.90 Å². The van der Waals surface area contributed by atoms with Gasteiger partial charge in [0.1, 0.15) is 6.04 Å². The molecule has 1 aliphatic rings. The van der Waals surface area contributed by atoms with Gasteiger partial charge in [-0.2, -0.15) is 0 Å². The highest BCUT2D eigenvalue weighted by Crippen LogP contribution is 2.17. The van der Waals surface area contributed by atoms with Crippen molar-refractivity contribution in [3.63, 3.8) is 0 Å². The Hall–Kier alpha value is -2.14. The Kier molecular flexibility index (Phi) is 3.05. The number of imidazole rings is 1. The molecule has 0 spiro atoms. The molecule has 1 atom stereocenters. The van der Waals surface area contributed by atoms with Crippen molar-refractivity contribution in [3.8, 4) is 0 Å². The second-order valence-corrected chi connectivity index (χ2v) is 4.73. The van der Waals surface area contributed by atoms with E-state index in [9.17, 15) is 4.79 Å². The molecule has 1 aliphatic heterocycles. The minimum absolute atomic E-state index is 0.484. The maximum absolute atomic E-state index is 11.1. The van der Waals surface area contributed by atoms with Crippen molar-refractivity contribution in [2.75, 3.05) is 0 Å². The van der Waals surface area contributed by atoms with Gasteiger partial charge in [0.25, 0.3) is 0 Å². The third-order valence-electron chi connectivity index (χ3n) is 3.44. The lowest BCUT2D eigenvalue weighted by atomic mass is 10.1. The number of hydrogen-bond donors (Lipinski definition) is 2. The topological polar surface area (TPSA) is 67.1 Å². The molecule has 0 bridgehead atoms. The van der Waals surface area contributed by atoms with E-state index in [4.69, 9.17) is 5.11 Å². The van der Waals surface area contributed by atoms with Crippen LogP contribution in [0.4, 0.5) is 0 Å². The van der Waals surface area contributed by atoms with Crippen LogP contribution in [0.25, 0.3) is 0 Å². The zero-order chi connectivity index (χ0) is 13.2. The van der Waals surface area contributed by atoms with E-state index in [1.807, 2.05) is 22.8 Å². The number of benzene rings is 1. The van der Waals surface area contributed by atoms with Crippen LogP contribution in [0.15, 0.2) is 36.7 Å². The van der Waals surface area contributed by atoms with Gasteiger partial charge in [-0.15, -0.1) is 0 Å². The second kappa shape index (κ2) is 4.85. The van der Waals surface area contributed by atoms with Crippen LogP contribution in [-0.4, -0.2) is 26.7 Å². The van der Waals surface area contributed by atoms with E-state index >= 15 is 0 Å². The van der Waals surface area contributed by atoms with Crippen LogP contribution in [-0.2, 0) is 24.3 Å². The van der Waals surface area contributed by atoms with Crippen LogP contribution in [0.3, 0.4) is 0 Å². The minimum atomic E-state index is -0.807. The monoisotopic (exact) mass is 257 g/mol. The third kappa shape index (κ3) is 2.37. The van der Waals surface area contributed by atoms with E-state index in [0.717, 1.165) is 17.9 Å². The summed E-state index contributed by atoms with van der Waals surface area (Å²) in [5.41, 5.74) is 3.16. The normalized spacial score (nSPS) is 18.0. The molecule has 0 saturated carbocycles. The molecule has 1 aromatic carbocycles. The van der Waals surface area contributed by atoms with E-state index in [1.54, 1.807) is 6.33 Å². The molecule has 0 aliphatic carbocycles. The second-order valence-electron chi connectivity index (χ2n) is 4.73. The van der Waals surface area contributed by atoms with Crippen molar-refractivity contribution >= 4 is 5.97 Å². The highest BCUT2D eigenvalue weighted by atomic mass is 16.4. The van der Waals surface area contributed by atoms with Crippen molar-refractivity contribution in [2.24, 2.45) is 0 Å². The molecule has 0 amide bonds. The lowest BCUT2D eigenvalue weighted by molar-refractivity contribution is -0.139. The lowest BCUT2D eigenvalue weighted by Gasteiger charge is -2.21. The summed E-state index contributed by atoms with van der Waals surface area (Å²) in [6.45, 7) is 1.25. The van der Waals surface area contributed by atoms with Gasteiger partial charge in [0.15, 0.2) is 0 Å². The molecule has 2 heterocycles. The van der Waals surface area contributed by atoms with Gasteiger partial charge in [-0.1, -0.05) is 30.3 Å². The molecule has 0 unspecified atom stereocenters. The van der Waals surface area contributed by atoms with Crippen LogP contribution in [0.5, 0.6) is 0 Å². The molecule has 2 aromatic rings. The zero-order valence-electron chi connectivity index (χ0n) is 10.4. The first-order chi connectivity index (χ1) is 9.24. The first kappa shape index (κ1) is 11.9. The summed E-state index contributed by atoms with van der Waals surface area (Å²) in [4.78, 5) is 15.4. The molecule has 2 N–H and O–H groups in total. The quantitative estimate of drug-likeness (QED) is 0.862. The van der Waals surface area contributed by atoms with Gasteiger partial charge >= 0.3 is 5.97 Å². The predicted octanol–water partition coefficient (Wildman–Crippen LogP) is 1.03. The summed E-state index contributed by atoms with van der Waals surface area (Å²) in [6.07, 6.45) is 2.28. The molecule has 98 valence electrons. The van der Waals surface area contributed by atoms with E-state index in [-0.39, 0.29) is 0 Å². The largest absolute Gasteiger partial charge is 0.480 e. The Labute approximate surface area is 110 Å². The van der Waals surface area contributed by atoms with Crippen LogP contribution in [0.2, 0.25) is 0 Å². The first-order valence-corrected chi connectivity index (χ1v) is 6.27. The number of hydrogen-bond acceptors (Lipinski definition) is 3. The Morgan fingerprint density at radius 1 is 1.42 bits per heavy atom. The Morgan fingerprint density at radius 2 is 2.21 bits per heavy atom. The highest BCUT2D eigenvalue weighted by molar-refractivity contribution is 5.74. The SMILES string of the molecule is O=C(O)[C@@H]1Cc2c(ncn2Cc2ccccc2)CN1. The van der Waals surface area contributed by atoms with Gasteiger partial charge in [0.05, 0.1) is 12.0 Å². The number of carbonyl (C=O) groups is 1. The third-order valence-corrected chi connectivity index (χ3v) is 3.44. The van der Waals surface area contributed by atoms with E-state index in [0.29, 0.717) is 13.0 Å². The fourth-order valence-electron chi connectivity index (χ4n) is 2.41. The fraction of sp³-hybridized carbons (Fsp3) is 0.286. The molecule has 0 radical (unpaired) electrons. The summed E-state index contributed by atoms with van der Waals surface area (Å²) in [5, 5.41) is 12.1. The number of rotatable bonds is 3. The molecule has 0 saturated heterocycles. The maximum Gasteiger partial charge on any atom is 0.321 e. The van der Waals surface area contributed by atoms with E-state index in [2.05, 4.69) is 22.4 Å². The van der Waals surface area contributed by atoms with E-state index in [1.165, 1.54) is 5.56 Å². The summed E-state index contributed by atoms with van der Waals surface area (Å²) in [7, 11) is 0. The summed E-state index contributed by atoms with van der Waals surface area (Å²) < 4.78 is 2.04. The number of nitrogens with one attached hydrogen (secondary N) is 1. The average Bonchev–Trinajstić information content (AvgIpc) is 2.82. The van der Waals surface area contributed by atoms with Gasteiger partial charge in [-0.25, -0.2) is 4.98 Å². The molecule has 3 rings (SSSR count). The van der Waals surface area contributed by atoms with Crippen molar-refractivity contribution in [1.82, 2.24) is 14.9 Å². The Balaban J connectivity index is 1.85. The van der Waals surface area contributed by atoms with Gasteiger partial charge in [0.2, 0.25) is 0 Å². The fourth-order valence-corrected chi connectivity index (χ4v) is 2.41. The molecule has 5 nitrogen and oxygen atoms in total. The first-order valence-electron chi connectivity index (χ1n) is 6.27. The van der Waals surface area contributed by atoms with Gasteiger partial charge in [0, 0.05) is 25.2 Å². The van der Waals surface area contributed by atoms with Crippen LogP contribution < -0.4 is 5.32 Å². The highest BCUT2D eigenvalue weighted by Gasteiger charge is 2.26. The summed E-state index contributed by atoms with van der Waals surface area (Å²) in [5.74, 6) is -0.807. The predicted molar refractivity (Wildman–Crippen MR) is 69.7 cm³/mol. The van der Waals surface area contributed by atoms with Crippen LogP contribution >= 0.6 is 0 Å². The molecule has 5 heteroatoms. The smallest absolute Gasteiger partial charge is 0.321 e. The maximum atomic E-state index is 11.1.